The first-order valence-electron chi connectivity index (χ1n) is 5.04. The largest absolute Gasteiger partial charge is 0.383 e. The molecule has 16 heavy (non-hydrogen) atoms. The van der Waals surface area contributed by atoms with Gasteiger partial charge >= 0.3 is 0 Å². The highest BCUT2D eigenvalue weighted by Gasteiger charge is 2.07. The van der Waals surface area contributed by atoms with Crippen molar-refractivity contribution in [2.24, 2.45) is 0 Å². The zero-order chi connectivity index (χ0) is 12.4. The predicted molar refractivity (Wildman–Crippen MR) is 61.0 cm³/mol. The Morgan fingerprint density at radius 1 is 0.938 bits per heavy atom. The number of nitrogens with zero attached hydrogens (tertiary/aromatic N) is 1. The van der Waals surface area contributed by atoms with Crippen LogP contribution >= 0.6 is 0 Å². The summed E-state index contributed by atoms with van der Waals surface area (Å²) in [6.45, 7) is 3.36. The third-order valence-corrected chi connectivity index (χ3v) is 2.52. The molecule has 0 N–H and O–H groups in total. The molecule has 0 spiro atoms. The van der Waals surface area contributed by atoms with Crippen LogP contribution in [-0.2, 0) is 23.8 Å². The molecule has 7 heteroatoms. The van der Waals surface area contributed by atoms with E-state index in [9.17, 15) is 8.42 Å². The van der Waals surface area contributed by atoms with Gasteiger partial charge in [-0.15, -0.1) is 0 Å². The third kappa shape index (κ3) is 10.3. The molecule has 0 aliphatic heterocycles. The molecule has 0 bridgehead atoms. The average molecular weight is 255 g/mol. The summed E-state index contributed by atoms with van der Waals surface area (Å²) in [5, 5.41) is 0. The lowest BCUT2D eigenvalue weighted by molar-refractivity contribution is 0.105. The van der Waals surface area contributed by atoms with E-state index >= 15 is 0 Å². The molecular formula is C9H21NO5S. The molecular weight excluding hydrogens is 234 g/mol. The third-order valence-electron chi connectivity index (χ3n) is 1.93. The smallest absolute Gasteiger partial charge is 0.264 e. The fourth-order valence-corrected chi connectivity index (χ4v) is 1.47. The summed E-state index contributed by atoms with van der Waals surface area (Å²) in [6.07, 6.45) is 1.04. The van der Waals surface area contributed by atoms with Gasteiger partial charge in [0.2, 0.25) is 0 Å². The van der Waals surface area contributed by atoms with Gasteiger partial charge in [-0.25, -0.2) is 0 Å². The average Bonchev–Trinajstić information content (AvgIpc) is 2.19. The van der Waals surface area contributed by atoms with Crippen molar-refractivity contribution in [1.29, 1.82) is 0 Å². The summed E-state index contributed by atoms with van der Waals surface area (Å²) in [4.78, 5) is 2.03. The summed E-state index contributed by atoms with van der Waals surface area (Å²) < 4.78 is 36.1. The van der Waals surface area contributed by atoms with Gasteiger partial charge in [-0.1, -0.05) is 0 Å². The topological polar surface area (TPSA) is 65.1 Å². The number of methoxy groups -OCH3 is 2. The van der Waals surface area contributed by atoms with Crippen LogP contribution in [0.5, 0.6) is 0 Å². The Morgan fingerprint density at radius 2 is 1.38 bits per heavy atom. The van der Waals surface area contributed by atoms with E-state index in [1.807, 2.05) is 4.90 Å². The van der Waals surface area contributed by atoms with E-state index < -0.39 is 10.1 Å². The van der Waals surface area contributed by atoms with Crippen LogP contribution in [0.2, 0.25) is 0 Å². The van der Waals surface area contributed by atoms with E-state index in [1.54, 1.807) is 14.2 Å². The monoisotopic (exact) mass is 255 g/mol. The molecule has 0 saturated heterocycles. The Kier molecular flexibility index (Phi) is 8.77. The molecule has 0 aromatic rings. The first-order chi connectivity index (χ1) is 7.49. The minimum atomic E-state index is -3.35. The Labute approximate surface area is 97.6 Å². The van der Waals surface area contributed by atoms with Gasteiger partial charge in [0, 0.05) is 33.9 Å². The molecule has 0 amide bonds. The second-order valence-electron chi connectivity index (χ2n) is 3.35. The molecule has 0 unspecified atom stereocenters. The molecule has 0 atom stereocenters. The Morgan fingerprint density at radius 3 is 1.75 bits per heavy atom. The molecule has 0 aromatic carbocycles. The van der Waals surface area contributed by atoms with Crippen molar-refractivity contribution in [3.8, 4) is 0 Å². The lowest BCUT2D eigenvalue weighted by Gasteiger charge is -2.20. The van der Waals surface area contributed by atoms with Gasteiger partial charge < -0.3 is 9.47 Å². The highest BCUT2D eigenvalue weighted by atomic mass is 32.2. The summed E-state index contributed by atoms with van der Waals surface area (Å²) in [6, 6.07) is 0. The van der Waals surface area contributed by atoms with Gasteiger partial charge in [-0.05, 0) is 0 Å². The maximum absolute atomic E-state index is 10.8. The van der Waals surface area contributed by atoms with Crippen molar-refractivity contribution in [1.82, 2.24) is 4.90 Å². The molecule has 0 radical (unpaired) electrons. The van der Waals surface area contributed by atoms with Crippen LogP contribution < -0.4 is 0 Å². The quantitative estimate of drug-likeness (QED) is 0.493. The second-order valence-corrected chi connectivity index (χ2v) is 5.00. The summed E-state index contributed by atoms with van der Waals surface area (Å²) in [7, 11) is -0.0970. The predicted octanol–water partition coefficient (Wildman–Crippen LogP) is -0.443. The Hall–Kier alpha value is -0.210. The van der Waals surface area contributed by atoms with Crippen molar-refractivity contribution in [2.75, 3.05) is 59.9 Å². The van der Waals surface area contributed by atoms with Crippen LogP contribution in [0.15, 0.2) is 0 Å². The second kappa shape index (κ2) is 8.89. The maximum Gasteiger partial charge on any atom is 0.264 e. The van der Waals surface area contributed by atoms with Gasteiger partial charge in [0.25, 0.3) is 10.1 Å². The summed E-state index contributed by atoms with van der Waals surface area (Å²) >= 11 is 0. The summed E-state index contributed by atoms with van der Waals surface area (Å²) in [5.41, 5.74) is 0. The van der Waals surface area contributed by atoms with E-state index in [1.165, 1.54) is 0 Å². The maximum atomic E-state index is 10.8. The van der Waals surface area contributed by atoms with E-state index in [-0.39, 0.29) is 6.61 Å². The lowest BCUT2D eigenvalue weighted by Crippen LogP contribution is -2.34. The van der Waals surface area contributed by atoms with Crippen molar-refractivity contribution in [3.05, 3.63) is 0 Å². The van der Waals surface area contributed by atoms with Crippen molar-refractivity contribution < 1.29 is 22.1 Å². The molecule has 0 saturated carbocycles. The van der Waals surface area contributed by atoms with Crippen molar-refractivity contribution in [3.63, 3.8) is 0 Å². The first-order valence-corrected chi connectivity index (χ1v) is 6.86. The lowest BCUT2D eigenvalue weighted by atomic mass is 10.4. The molecule has 0 rings (SSSR count). The molecule has 6 nitrogen and oxygen atoms in total. The molecule has 0 aliphatic rings. The SMILES string of the molecule is COCCN(CCOC)CCOS(C)(=O)=O. The highest BCUT2D eigenvalue weighted by molar-refractivity contribution is 7.85. The van der Waals surface area contributed by atoms with E-state index in [0.717, 1.165) is 19.3 Å². The van der Waals surface area contributed by atoms with Gasteiger partial charge in [0.15, 0.2) is 0 Å². The van der Waals surface area contributed by atoms with Crippen LogP contribution in [0.3, 0.4) is 0 Å². The number of ether oxygens (including phenoxy) is 2. The molecule has 0 fully saturated rings. The number of hydrogen-bond acceptors (Lipinski definition) is 6. The number of hydrogen-bond donors (Lipinski definition) is 0. The van der Waals surface area contributed by atoms with Gasteiger partial charge in [-0.2, -0.15) is 8.42 Å². The fourth-order valence-electron chi connectivity index (χ4n) is 1.09. The first kappa shape index (κ1) is 15.8. The summed E-state index contributed by atoms with van der Waals surface area (Å²) in [5.74, 6) is 0. The molecule has 98 valence electrons. The molecule has 0 heterocycles. The minimum absolute atomic E-state index is 0.159. The van der Waals surface area contributed by atoms with E-state index in [0.29, 0.717) is 19.8 Å². The van der Waals surface area contributed by atoms with Crippen LogP contribution in [-0.4, -0.2) is 73.2 Å². The van der Waals surface area contributed by atoms with Gasteiger partial charge in [0.1, 0.15) is 0 Å². The Bertz CT molecular complexity index is 247. The fraction of sp³-hybridized carbons (Fsp3) is 1.00. The van der Waals surface area contributed by atoms with Gasteiger partial charge in [0.05, 0.1) is 26.1 Å². The standard InChI is InChI=1S/C9H21NO5S/c1-13-7-4-10(5-8-14-2)6-9-15-16(3,11)12/h4-9H2,1-3H3. The molecule has 0 aliphatic carbocycles. The van der Waals surface area contributed by atoms with Crippen LogP contribution in [0.4, 0.5) is 0 Å². The van der Waals surface area contributed by atoms with E-state index in [2.05, 4.69) is 4.18 Å². The van der Waals surface area contributed by atoms with Crippen LogP contribution in [0, 0.1) is 0 Å². The minimum Gasteiger partial charge on any atom is -0.383 e. The normalized spacial score (nSPS) is 12.2. The van der Waals surface area contributed by atoms with Crippen LogP contribution in [0.25, 0.3) is 0 Å². The van der Waals surface area contributed by atoms with Crippen molar-refractivity contribution >= 4 is 10.1 Å². The number of rotatable bonds is 10. The van der Waals surface area contributed by atoms with E-state index in [4.69, 9.17) is 9.47 Å². The zero-order valence-electron chi connectivity index (χ0n) is 10.1. The van der Waals surface area contributed by atoms with Crippen LogP contribution in [0.1, 0.15) is 0 Å². The van der Waals surface area contributed by atoms with Gasteiger partial charge in [-0.3, -0.25) is 9.08 Å². The van der Waals surface area contributed by atoms with Crippen molar-refractivity contribution in [2.45, 2.75) is 0 Å². The zero-order valence-corrected chi connectivity index (χ0v) is 11.0. The Balaban J connectivity index is 3.81. The highest BCUT2D eigenvalue weighted by Crippen LogP contribution is 1.92. The molecule has 0 aromatic heterocycles.